The highest BCUT2D eigenvalue weighted by Gasteiger charge is 2.17. The first-order chi connectivity index (χ1) is 9.61. The van der Waals surface area contributed by atoms with Gasteiger partial charge in [0.1, 0.15) is 0 Å². The van der Waals surface area contributed by atoms with E-state index in [-0.39, 0.29) is 12.5 Å². The van der Waals surface area contributed by atoms with Gasteiger partial charge >= 0.3 is 5.97 Å². The monoisotopic (exact) mass is 277 g/mol. The van der Waals surface area contributed by atoms with Crippen molar-refractivity contribution in [3.8, 4) is 0 Å². The van der Waals surface area contributed by atoms with E-state index in [1.54, 1.807) is 18.2 Å². The van der Waals surface area contributed by atoms with Gasteiger partial charge in [-0.2, -0.15) is 0 Å². The fourth-order valence-corrected chi connectivity index (χ4v) is 2.20. The Kier molecular flexibility index (Phi) is 4.45. The number of nitrogens with one attached hydrogen (secondary N) is 1. The van der Waals surface area contributed by atoms with Crippen LogP contribution in [0, 0.1) is 0 Å². The number of carbonyl (C=O) groups excluding carboxylic acids is 2. The summed E-state index contributed by atoms with van der Waals surface area (Å²) in [4.78, 5) is 25.2. The molecule has 1 saturated heterocycles. The number of nitrogen functional groups attached to an aromatic ring is 1. The zero-order valence-corrected chi connectivity index (χ0v) is 11.5. The summed E-state index contributed by atoms with van der Waals surface area (Å²) in [5.41, 5.74) is 7.29. The molecule has 1 aromatic rings. The van der Waals surface area contributed by atoms with E-state index in [0.29, 0.717) is 16.9 Å². The highest BCUT2D eigenvalue weighted by molar-refractivity contribution is 5.92. The molecular formula is C14H19N3O3. The molecule has 1 aliphatic rings. The Morgan fingerprint density at radius 1 is 1.35 bits per heavy atom. The van der Waals surface area contributed by atoms with Crippen molar-refractivity contribution in [3.63, 3.8) is 0 Å². The van der Waals surface area contributed by atoms with Gasteiger partial charge < -0.3 is 20.7 Å². The molecule has 0 radical (unpaired) electrons. The van der Waals surface area contributed by atoms with Crippen LogP contribution in [0.25, 0.3) is 0 Å². The molecule has 0 aromatic heterocycles. The molecule has 3 N–H and O–H groups in total. The van der Waals surface area contributed by atoms with Crippen LogP contribution in [0.4, 0.5) is 11.4 Å². The van der Waals surface area contributed by atoms with Crippen LogP contribution >= 0.6 is 0 Å². The molecule has 1 fully saturated rings. The molecule has 6 nitrogen and oxygen atoms in total. The van der Waals surface area contributed by atoms with E-state index in [1.807, 2.05) is 4.90 Å². The molecule has 0 saturated carbocycles. The number of nitrogens with two attached hydrogens (primary N) is 1. The Bertz CT molecular complexity index is 510. The third-order valence-corrected chi connectivity index (χ3v) is 3.36. The van der Waals surface area contributed by atoms with Gasteiger partial charge in [0.15, 0.2) is 0 Å². The van der Waals surface area contributed by atoms with Gasteiger partial charge in [0.05, 0.1) is 30.6 Å². The van der Waals surface area contributed by atoms with Gasteiger partial charge in [-0.3, -0.25) is 4.79 Å². The molecule has 2 rings (SSSR count). The number of rotatable bonds is 4. The number of ether oxygens (including phenoxy) is 1. The summed E-state index contributed by atoms with van der Waals surface area (Å²) in [6.07, 6.45) is 2.12. The van der Waals surface area contributed by atoms with Gasteiger partial charge in [0, 0.05) is 13.1 Å². The van der Waals surface area contributed by atoms with E-state index >= 15 is 0 Å². The summed E-state index contributed by atoms with van der Waals surface area (Å²) < 4.78 is 4.66. The normalized spacial score (nSPS) is 14.2. The Labute approximate surface area is 117 Å². The van der Waals surface area contributed by atoms with Crippen LogP contribution in [0.2, 0.25) is 0 Å². The van der Waals surface area contributed by atoms with Crippen LogP contribution in [0.15, 0.2) is 18.2 Å². The minimum Gasteiger partial charge on any atom is -0.465 e. The second kappa shape index (κ2) is 6.27. The van der Waals surface area contributed by atoms with Gasteiger partial charge in [-0.05, 0) is 31.0 Å². The first-order valence-corrected chi connectivity index (χ1v) is 6.61. The Morgan fingerprint density at radius 3 is 2.70 bits per heavy atom. The van der Waals surface area contributed by atoms with Crippen molar-refractivity contribution in [1.29, 1.82) is 0 Å². The maximum absolute atomic E-state index is 11.9. The van der Waals surface area contributed by atoms with Crippen molar-refractivity contribution >= 4 is 23.3 Å². The Hall–Kier alpha value is -2.24. The smallest absolute Gasteiger partial charge is 0.337 e. The molecule has 1 amide bonds. The molecule has 20 heavy (non-hydrogen) atoms. The van der Waals surface area contributed by atoms with Crippen molar-refractivity contribution < 1.29 is 14.3 Å². The maximum Gasteiger partial charge on any atom is 0.337 e. The predicted octanol–water partition coefficient (Wildman–Crippen LogP) is 1.09. The molecule has 0 spiro atoms. The molecule has 6 heteroatoms. The second-order valence-electron chi connectivity index (χ2n) is 4.74. The topological polar surface area (TPSA) is 84.7 Å². The summed E-state index contributed by atoms with van der Waals surface area (Å²) >= 11 is 0. The van der Waals surface area contributed by atoms with Crippen molar-refractivity contribution in [1.82, 2.24) is 4.90 Å². The lowest BCUT2D eigenvalue weighted by Gasteiger charge is -2.17. The van der Waals surface area contributed by atoms with Crippen LogP contribution in [0.1, 0.15) is 23.2 Å². The molecule has 0 unspecified atom stereocenters. The first kappa shape index (κ1) is 14.2. The number of anilines is 2. The highest BCUT2D eigenvalue weighted by Crippen LogP contribution is 2.20. The van der Waals surface area contributed by atoms with Crippen molar-refractivity contribution in [2.75, 3.05) is 37.8 Å². The molecule has 0 atom stereocenters. The number of likely N-dealkylation sites (tertiary alicyclic amines) is 1. The fraction of sp³-hybridized carbons (Fsp3) is 0.429. The van der Waals surface area contributed by atoms with Gasteiger partial charge in [0.25, 0.3) is 0 Å². The molecule has 1 heterocycles. The van der Waals surface area contributed by atoms with Crippen molar-refractivity contribution in [2.45, 2.75) is 12.8 Å². The van der Waals surface area contributed by atoms with E-state index in [2.05, 4.69) is 10.1 Å². The van der Waals surface area contributed by atoms with E-state index in [9.17, 15) is 9.59 Å². The van der Waals surface area contributed by atoms with Gasteiger partial charge in [-0.25, -0.2) is 4.79 Å². The van der Waals surface area contributed by atoms with E-state index in [1.165, 1.54) is 7.11 Å². The quantitative estimate of drug-likeness (QED) is 0.635. The Balaban J connectivity index is 2.01. The zero-order valence-electron chi connectivity index (χ0n) is 11.5. The van der Waals surface area contributed by atoms with Crippen LogP contribution in [0.3, 0.4) is 0 Å². The maximum atomic E-state index is 11.9. The third-order valence-electron chi connectivity index (χ3n) is 3.36. The number of benzene rings is 1. The predicted molar refractivity (Wildman–Crippen MR) is 76.5 cm³/mol. The first-order valence-electron chi connectivity index (χ1n) is 6.61. The van der Waals surface area contributed by atoms with E-state index in [0.717, 1.165) is 25.9 Å². The van der Waals surface area contributed by atoms with Crippen molar-refractivity contribution in [2.24, 2.45) is 0 Å². The Morgan fingerprint density at radius 2 is 2.05 bits per heavy atom. The van der Waals surface area contributed by atoms with Crippen molar-refractivity contribution in [3.05, 3.63) is 23.8 Å². The van der Waals surface area contributed by atoms with E-state index < -0.39 is 5.97 Å². The average Bonchev–Trinajstić information content (AvgIpc) is 2.99. The summed E-state index contributed by atoms with van der Waals surface area (Å²) in [6, 6.07) is 4.81. The number of carbonyl (C=O) groups is 2. The number of hydrogen-bond acceptors (Lipinski definition) is 5. The largest absolute Gasteiger partial charge is 0.465 e. The summed E-state index contributed by atoms with van der Waals surface area (Å²) in [7, 11) is 1.32. The molecule has 1 aliphatic heterocycles. The van der Waals surface area contributed by atoms with Gasteiger partial charge in [-0.1, -0.05) is 0 Å². The van der Waals surface area contributed by atoms with Crippen LogP contribution in [-0.4, -0.2) is 43.5 Å². The standard InChI is InChI=1S/C14H19N3O3/c1-20-14(19)10-4-5-11(15)12(8-10)16-9-13(18)17-6-2-3-7-17/h4-5,8,16H,2-3,6-7,9,15H2,1H3. The zero-order chi connectivity index (χ0) is 14.5. The SMILES string of the molecule is COC(=O)c1ccc(N)c(NCC(=O)N2CCCC2)c1. The molecule has 1 aromatic carbocycles. The van der Waals surface area contributed by atoms with Crippen LogP contribution in [-0.2, 0) is 9.53 Å². The lowest BCUT2D eigenvalue weighted by atomic mass is 10.1. The minimum absolute atomic E-state index is 0.0466. The molecular weight excluding hydrogens is 258 g/mol. The lowest BCUT2D eigenvalue weighted by Crippen LogP contribution is -2.33. The van der Waals surface area contributed by atoms with Crippen LogP contribution in [0.5, 0.6) is 0 Å². The number of esters is 1. The molecule has 108 valence electrons. The number of methoxy groups -OCH3 is 1. The van der Waals surface area contributed by atoms with E-state index in [4.69, 9.17) is 5.73 Å². The average molecular weight is 277 g/mol. The summed E-state index contributed by atoms with van der Waals surface area (Å²) in [5, 5.41) is 2.98. The number of nitrogens with zero attached hydrogens (tertiary/aromatic N) is 1. The minimum atomic E-state index is -0.432. The third kappa shape index (κ3) is 3.20. The number of hydrogen-bond donors (Lipinski definition) is 2. The summed E-state index contributed by atoms with van der Waals surface area (Å²) in [5.74, 6) is -0.385. The fourth-order valence-electron chi connectivity index (χ4n) is 2.20. The number of amides is 1. The second-order valence-corrected chi connectivity index (χ2v) is 4.74. The van der Waals surface area contributed by atoms with Crippen LogP contribution < -0.4 is 11.1 Å². The molecule has 0 aliphatic carbocycles. The molecule has 0 bridgehead atoms. The van der Waals surface area contributed by atoms with Gasteiger partial charge in [0.2, 0.25) is 5.91 Å². The highest BCUT2D eigenvalue weighted by atomic mass is 16.5. The lowest BCUT2D eigenvalue weighted by molar-refractivity contribution is -0.128. The summed E-state index contributed by atoms with van der Waals surface area (Å²) in [6.45, 7) is 1.81. The van der Waals surface area contributed by atoms with Gasteiger partial charge in [-0.15, -0.1) is 0 Å².